The monoisotopic (exact) mass is 533 g/mol. The molecule has 1 amide bonds. The Morgan fingerprint density at radius 1 is 0.515 bits per heavy atom. The molecule has 0 aromatic heterocycles. The molecule has 0 bridgehead atoms. The molecule has 1 fully saturated rings. The average Bonchev–Trinajstić information content (AvgIpc) is 2.66. The van der Waals surface area contributed by atoms with Gasteiger partial charge < -0.3 is 9.64 Å². The second-order valence-corrected chi connectivity index (χ2v) is 6.42. The summed E-state index contributed by atoms with van der Waals surface area (Å²) in [7, 11) is 0. The fraction of sp³-hybridized carbons (Fsp3) is 0.923. The molecule has 33 heavy (non-hydrogen) atoms. The van der Waals surface area contributed by atoms with Crippen LogP contribution in [0, 0.1) is 0 Å². The predicted molar refractivity (Wildman–Crippen MR) is 68.1 cm³/mol. The lowest BCUT2D eigenvalue weighted by Crippen LogP contribution is -2.75. The summed E-state index contributed by atoms with van der Waals surface area (Å²) in [5.41, 5.74) is 0. The third-order valence-corrected chi connectivity index (χ3v) is 4.29. The van der Waals surface area contributed by atoms with E-state index in [2.05, 4.69) is 4.74 Å². The summed E-state index contributed by atoms with van der Waals surface area (Å²) < 4.78 is 228. The molecule has 0 aromatic carbocycles. The Balaban J connectivity index is 3.57. The van der Waals surface area contributed by atoms with Gasteiger partial charge in [-0.25, -0.2) is 0 Å². The Bertz CT molecular complexity index is 738. The third kappa shape index (κ3) is 3.84. The molecule has 1 heterocycles. The molecule has 0 spiro atoms. The topological polar surface area (TPSA) is 29.5 Å². The van der Waals surface area contributed by atoms with Crippen molar-refractivity contribution in [1.29, 1.82) is 0 Å². The van der Waals surface area contributed by atoms with Gasteiger partial charge in [0, 0.05) is 13.1 Å². The Hall–Kier alpha value is -1.76. The molecule has 0 unspecified atom stereocenters. The summed E-state index contributed by atoms with van der Waals surface area (Å²) in [6.07, 6.45) is -7.82. The van der Waals surface area contributed by atoms with Crippen LogP contribution in [0.15, 0.2) is 0 Å². The zero-order valence-corrected chi connectivity index (χ0v) is 15.0. The van der Waals surface area contributed by atoms with Gasteiger partial charge in [0.05, 0.1) is 13.2 Å². The molecule has 0 N–H and O–H groups in total. The highest BCUT2D eigenvalue weighted by atomic mass is 19.4. The molecule has 20 heteroatoms. The van der Waals surface area contributed by atoms with Gasteiger partial charge in [-0.2, -0.15) is 74.6 Å². The van der Waals surface area contributed by atoms with Gasteiger partial charge in [0.25, 0.3) is 5.91 Å². The first kappa shape index (κ1) is 29.3. The van der Waals surface area contributed by atoms with Gasteiger partial charge in [0.1, 0.15) is 0 Å². The van der Waals surface area contributed by atoms with Crippen molar-refractivity contribution < 1.29 is 84.2 Å². The molecule has 3 nitrogen and oxygen atoms in total. The van der Waals surface area contributed by atoms with E-state index in [0.29, 0.717) is 0 Å². The van der Waals surface area contributed by atoms with Crippen molar-refractivity contribution in [3.05, 3.63) is 0 Å². The van der Waals surface area contributed by atoms with Crippen molar-refractivity contribution in [1.82, 2.24) is 4.90 Å². The number of hydrogen-bond acceptors (Lipinski definition) is 2. The van der Waals surface area contributed by atoms with Crippen molar-refractivity contribution >= 4 is 5.91 Å². The highest BCUT2D eigenvalue weighted by Gasteiger charge is 2.95. The lowest BCUT2D eigenvalue weighted by atomic mass is 9.88. The average molecular weight is 533 g/mol. The second-order valence-electron chi connectivity index (χ2n) is 6.42. The van der Waals surface area contributed by atoms with Crippen molar-refractivity contribution in [2.24, 2.45) is 0 Å². The zero-order valence-electron chi connectivity index (χ0n) is 15.0. The molecule has 0 saturated carbocycles. The standard InChI is InChI=1S/C13H8F17NO2/c14-6(15,5(32)31-1-3-33-4-2-31)7(16,17)8(18,19)9(20,21)10(22,23)11(24,25)12(26,27)13(28,29)30/h1-4H2. The van der Waals surface area contributed by atoms with E-state index in [1.165, 1.54) is 0 Å². The maximum Gasteiger partial charge on any atom is 0.460 e. The highest BCUT2D eigenvalue weighted by Crippen LogP contribution is 2.64. The molecule has 0 aromatic rings. The van der Waals surface area contributed by atoms with E-state index in [1.54, 1.807) is 0 Å². The number of rotatable bonds is 7. The van der Waals surface area contributed by atoms with E-state index >= 15 is 0 Å². The Labute approximate surface area is 170 Å². The summed E-state index contributed by atoms with van der Waals surface area (Å²) >= 11 is 0. The first-order chi connectivity index (χ1) is 14.3. The number of hydrogen-bond donors (Lipinski definition) is 0. The zero-order chi connectivity index (χ0) is 26.7. The summed E-state index contributed by atoms with van der Waals surface area (Å²) in [6, 6.07) is 0. The Morgan fingerprint density at radius 3 is 1.15 bits per heavy atom. The summed E-state index contributed by atoms with van der Waals surface area (Å²) in [4.78, 5) is 11.0. The number of nitrogens with zero attached hydrogens (tertiary/aromatic N) is 1. The van der Waals surface area contributed by atoms with E-state index in [1.807, 2.05) is 0 Å². The lowest BCUT2D eigenvalue weighted by Gasteiger charge is -2.43. The van der Waals surface area contributed by atoms with Gasteiger partial charge in [-0.3, -0.25) is 4.79 Å². The number of alkyl halides is 17. The van der Waals surface area contributed by atoms with Crippen molar-refractivity contribution in [2.75, 3.05) is 26.3 Å². The van der Waals surface area contributed by atoms with Crippen LogP contribution in [0.4, 0.5) is 74.6 Å². The fourth-order valence-electron chi connectivity index (χ4n) is 2.26. The number of halogens is 17. The van der Waals surface area contributed by atoms with Gasteiger partial charge in [-0.15, -0.1) is 0 Å². The molecule has 0 aliphatic carbocycles. The summed E-state index contributed by atoms with van der Waals surface area (Å²) in [6.45, 7) is -3.45. The van der Waals surface area contributed by atoms with Crippen LogP contribution in [-0.2, 0) is 9.53 Å². The lowest BCUT2D eigenvalue weighted by molar-refractivity contribution is -0.459. The largest absolute Gasteiger partial charge is 0.460 e. The minimum absolute atomic E-state index is 0.393. The first-order valence-electron chi connectivity index (χ1n) is 7.85. The quantitative estimate of drug-likeness (QED) is 0.438. The van der Waals surface area contributed by atoms with E-state index in [0.717, 1.165) is 0 Å². The van der Waals surface area contributed by atoms with Gasteiger partial charge in [0.15, 0.2) is 0 Å². The maximum absolute atomic E-state index is 13.8. The smallest absolute Gasteiger partial charge is 0.378 e. The van der Waals surface area contributed by atoms with Crippen molar-refractivity contribution in [3.63, 3.8) is 0 Å². The van der Waals surface area contributed by atoms with Crippen LogP contribution in [-0.4, -0.2) is 84.7 Å². The molecule has 0 radical (unpaired) electrons. The van der Waals surface area contributed by atoms with Crippen LogP contribution in [0.25, 0.3) is 0 Å². The first-order valence-corrected chi connectivity index (χ1v) is 7.85. The molecule has 1 rings (SSSR count). The minimum atomic E-state index is -8.72. The summed E-state index contributed by atoms with van der Waals surface area (Å²) in [5.74, 6) is -61.2. The molecule has 1 saturated heterocycles. The molecule has 0 atom stereocenters. The number of carbonyl (C=O) groups is 1. The third-order valence-electron chi connectivity index (χ3n) is 4.29. The molecule has 1 aliphatic rings. The van der Waals surface area contributed by atoms with Crippen LogP contribution < -0.4 is 0 Å². The SMILES string of the molecule is O=C(N1CCOCC1)C(F)(F)C(F)(F)C(F)(F)C(F)(F)C(F)(F)C(F)(F)C(F)(F)C(F)(F)F. The van der Waals surface area contributed by atoms with Crippen molar-refractivity contribution in [3.8, 4) is 0 Å². The van der Waals surface area contributed by atoms with Gasteiger partial charge in [-0.1, -0.05) is 0 Å². The van der Waals surface area contributed by atoms with Crippen LogP contribution in [0.3, 0.4) is 0 Å². The summed E-state index contributed by atoms with van der Waals surface area (Å²) in [5, 5.41) is 0. The van der Waals surface area contributed by atoms with Crippen LogP contribution in [0.1, 0.15) is 0 Å². The van der Waals surface area contributed by atoms with E-state index in [9.17, 15) is 79.4 Å². The van der Waals surface area contributed by atoms with Crippen LogP contribution >= 0.6 is 0 Å². The van der Waals surface area contributed by atoms with Gasteiger partial charge in [-0.05, 0) is 0 Å². The van der Waals surface area contributed by atoms with E-state index < -0.39 is 84.7 Å². The minimum Gasteiger partial charge on any atom is -0.378 e. The second kappa shape index (κ2) is 7.89. The fourth-order valence-corrected chi connectivity index (χ4v) is 2.26. The molecular weight excluding hydrogens is 525 g/mol. The number of amides is 1. The normalized spacial score (nSPS) is 18.5. The number of carbonyl (C=O) groups excluding carboxylic acids is 1. The van der Waals surface area contributed by atoms with Gasteiger partial charge >= 0.3 is 47.6 Å². The Kier molecular flexibility index (Phi) is 7.00. The van der Waals surface area contributed by atoms with Crippen LogP contribution in [0.5, 0.6) is 0 Å². The molecule has 1 aliphatic heterocycles. The van der Waals surface area contributed by atoms with Gasteiger partial charge in [0.2, 0.25) is 0 Å². The number of morpholine rings is 1. The Morgan fingerprint density at radius 2 is 0.818 bits per heavy atom. The maximum atomic E-state index is 13.8. The predicted octanol–water partition coefficient (Wildman–Crippen LogP) is 4.85. The number of ether oxygens (including phenoxy) is 1. The molecule has 196 valence electrons. The van der Waals surface area contributed by atoms with Crippen LogP contribution in [0.2, 0.25) is 0 Å². The molecular formula is C13H8F17NO2. The van der Waals surface area contributed by atoms with Crippen molar-refractivity contribution in [2.45, 2.75) is 47.6 Å². The highest BCUT2D eigenvalue weighted by molar-refractivity contribution is 5.85. The van der Waals surface area contributed by atoms with E-state index in [-0.39, 0.29) is 0 Å². The van der Waals surface area contributed by atoms with E-state index in [4.69, 9.17) is 0 Å².